The van der Waals surface area contributed by atoms with Crippen LogP contribution in [0, 0.1) is 5.92 Å². The quantitative estimate of drug-likeness (QED) is 0.914. The van der Waals surface area contributed by atoms with Crippen molar-refractivity contribution in [1.82, 2.24) is 0 Å². The second kappa shape index (κ2) is 6.05. The summed E-state index contributed by atoms with van der Waals surface area (Å²) in [6, 6.07) is 7.54. The summed E-state index contributed by atoms with van der Waals surface area (Å²) in [5.41, 5.74) is 1.73. The third-order valence-corrected chi connectivity index (χ3v) is 3.17. The summed E-state index contributed by atoms with van der Waals surface area (Å²) in [5, 5.41) is 8.91. The second-order valence-electron chi connectivity index (χ2n) is 5.37. The van der Waals surface area contributed by atoms with Crippen molar-refractivity contribution in [1.29, 1.82) is 0 Å². The third kappa shape index (κ3) is 3.17. The predicted octanol–water partition coefficient (Wildman–Crippen LogP) is 2.05. The van der Waals surface area contributed by atoms with E-state index in [2.05, 4.69) is 0 Å². The number of carboxylic acids is 1. The Morgan fingerprint density at radius 1 is 1.45 bits per heavy atom. The molecule has 1 aromatic rings. The smallest absolute Gasteiger partial charge is 0.306 e. The SMILES string of the molecule is CC(C)CN1C(=O)C(CC(=O)O)OCc2ccccc21. The highest BCUT2D eigenvalue weighted by molar-refractivity contribution is 5.99. The maximum Gasteiger partial charge on any atom is 0.306 e. The largest absolute Gasteiger partial charge is 0.481 e. The summed E-state index contributed by atoms with van der Waals surface area (Å²) >= 11 is 0. The predicted molar refractivity (Wildman–Crippen MR) is 74.5 cm³/mol. The number of carboxylic acid groups (broad SMARTS) is 1. The van der Waals surface area contributed by atoms with E-state index >= 15 is 0 Å². The first-order valence-corrected chi connectivity index (χ1v) is 6.71. The number of nitrogens with zero attached hydrogens (tertiary/aromatic N) is 1. The third-order valence-electron chi connectivity index (χ3n) is 3.17. The van der Waals surface area contributed by atoms with Gasteiger partial charge in [0.15, 0.2) is 0 Å². The Bertz CT molecular complexity index is 512. The number of carbonyl (C=O) groups excluding carboxylic acids is 1. The van der Waals surface area contributed by atoms with E-state index in [1.807, 2.05) is 38.1 Å². The number of ether oxygens (including phenoxy) is 1. The highest BCUT2D eigenvalue weighted by Gasteiger charge is 2.32. The van der Waals surface area contributed by atoms with Gasteiger partial charge in [-0.2, -0.15) is 0 Å². The zero-order valence-electron chi connectivity index (χ0n) is 11.7. The molecule has 0 aromatic heterocycles. The van der Waals surface area contributed by atoms with Crippen LogP contribution in [0.1, 0.15) is 25.8 Å². The molecule has 0 fully saturated rings. The van der Waals surface area contributed by atoms with Crippen LogP contribution in [0.2, 0.25) is 0 Å². The van der Waals surface area contributed by atoms with Gasteiger partial charge in [-0.1, -0.05) is 32.0 Å². The van der Waals surface area contributed by atoms with E-state index in [1.165, 1.54) is 0 Å². The Kier molecular flexibility index (Phi) is 4.39. The molecular formula is C15H19NO4. The second-order valence-corrected chi connectivity index (χ2v) is 5.37. The minimum Gasteiger partial charge on any atom is -0.481 e. The minimum absolute atomic E-state index is 0.258. The topological polar surface area (TPSA) is 66.8 Å². The molecule has 108 valence electrons. The number of hydrogen-bond acceptors (Lipinski definition) is 3. The average Bonchev–Trinajstić information content (AvgIpc) is 2.50. The lowest BCUT2D eigenvalue weighted by molar-refractivity contribution is -0.145. The summed E-state index contributed by atoms with van der Waals surface area (Å²) in [5.74, 6) is -1.01. The van der Waals surface area contributed by atoms with Crippen molar-refractivity contribution < 1.29 is 19.4 Å². The fraction of sp³-hybridized carbons (Fsp3) is 0.467. The molecule has 0 spiro atoms. The molecule has 5 nitrogen and oxygen atoms in total. The molecule has 0 radical (unpaired) electrons. The van der Waals surface area contributed by atoms with Gasteiger partial charge < -0.3 is 14.7 Å². The number of carbonyl (C=O) groups is 2. The van der Waals surface area contributed by atoms with Crippen LogP contribution in [0.15, 0.2) is 24.3 Å². The maximum atomic E-state index is 12.5. The van der Waals surface area contributed by atoms with Crippen LogP contribution in [0.5, 0.6) is 0 Å². The number of anilines is 1. The molecule has 1 aliphatic heterocycles. The van der Waals surface area contributed by atoms with Gasteiger partial charge in [0.1, 0.15) is 6.10 Å². The number of aliphatic carboxylic acids is 1. The first kappa shape index (κ1) is 14.5. The van der Waals surface area contributed by atoms with Gasteiger partial charge in [-0.25, -0.2) is 0 Å². The molecule has 0 saturated heterocycles. The Morgan fingerprint density at radius 3 is 2.80 bits per heavy atom. The molecule has 1 unspecified atom stereocenters. The molecule has 1 heterocycles. The normalized spacial score (nSPS) is 18.9. The summed E-state index contributed by atoms with van der Waals surface area (Å²) in [4.78, 5) is 25.0. The molecule has 1 aliphatic rings. The number of hydrogen-bond donors (Lipinski definition) is 1. The first-order valence-electron chi connectivity index (χ1n) is 6.71. The lowest BCUT2D eigenvalue weighted by Crippen LogP contribution is -2.42. The fourth-order valence-corrected chi connectivity index (χ4v) is 2.31. The van der Waals surface area contributed by atoms with E-state index in [0.717, 1.165) is 11.3 Å². The first-order chi connectivity index (χ1) is 9.49. The van der Waals surface area contributed by atoms with Gasteiger partial charge in [-0.15, -0.1) is 0 Å². The van der Waals surface area contributed by atoms with Crippen molar-refractivity contribution in [3.05, 3.63) is 29.8 Å². The molecule has 1 amide bonds. The van der Waals surface area contributed by atoms with Gasteiger partial charge in [0.2, 0.25) is 0 Å². The van der Waals surface area contributed by atoms with E-state index in [-0.39, 0.29) is 24.9 Å². The number of para-hydroxylation sites is 1. The zero-order chi connectivity index (χ0) is 14.7. The van der Waals surface area contributed by atoms with E-state index < -0.39 is 12.1 Å². The highest BCUT2D eigenvalue weighted by atomic mass is 16.5. The molecular weight excluding hydrogens is 258 g/mol. The number of rotatable bonds is 4. The van der Waals surface area contributed by atoms with E-state index in [9.17, 15) is 9.59 Å². The van der Waals surface area contributed by atoms with Crippen LogP contribution in [0.25, 0.3) is 0 Å². The van der Waals surface area contributed by atoms with Gasteiger partial charge in [0.05, 0.1) is 13.0 Å². The molecule has 1 aromatic carbocycles. The minimum atomic E-state index is -1.03. The van der Waals surface area contributed by atoms with Crippen LogP contribution < -0.4 is 4.90 Å². The molecule has 1 atom stereocenters. The van der Waals surface area contributed by atoms with E-state index in [4.69, 9.17) is 9.84 Å². The molecule has 0 aliphatic carbocycles. The van der Waals surface area contributed by atoms with Gasteiger partial charge in [-0.05, 0) is 12.0 Å². The molecule has 20 heavy (non-hydrogen) atoms. The summed E-state index contributed by atoms with van der Waals surface area (Å²) in [6.07, 6.45) is -1.22. The van der Waals surface area contributed by atoms with Crippen molar-refractivity contribution in [2.75, 3.05) is 11.4 Å². The molecule has 5 heteroatoms. The van der Waals surface area contributed by atoms with Crippen LogP contribution in [0.3, 0.4) is 0 Å². The molecule has 0 saturated carbocycles. The van der Waals surface area contributed by atoms with Crippen molar-refractivity contribution in [3.63, 3.8) is 0 Å². The van der Waals surface area contributed by atoms with E-state index in [0.29, 0.717) is 6.54 Å². The van der Waals surface area contributed by atoms with Crippen LogP contribution >= 0.6 is 0 Å². The molecule has 0 bridgehead atoms. The Morgan fingerprint density at radius 2 is 2.15 bits per heavy atom. The van der Waals surface area contributed by atoms with Crippen molar-refractivity contribution in [2.24, 2.45) is 5.92 Å². The van der Waals surface area contributed by atoms with Crippen molar-refractivity contribution in [3.8, 4) is 0 Å². The lowest BCUT2D eigenvalue weighted by atomic mass is 10.1. The standard InChI is InChI=1S/C15H19NO4/c1-10(2)8-16-12-6-4-3-5-11(12)9-20-13(15(16)19)7-14(17)18/h3-6,10,13H,7-9H2,1-2H3,(H,17,18). The highest BCUT2D eigenvalue weighted by Crippen LogP contribution is 2.27. The van der Waals surface area contributed by atoms with Gasteiger partial charge >= 0.3 is 5.97 Å². The van der Waals surface area contributed by atoms with Gasteiger partial charge in [-0.3, -0.25) is 9.59 Å². The van der Waals surface area contributed by atoms with Gasteiger partial charge in [0, 0.05) is 17.8 Å². The number of amides is 1. The Hall–Kier alpha value is -1.88. The Labute approximate surface area is 118 Å². The van der Waals surface area contributed by atoms with Crippen LogP contribution in [0.4, 0.5) is 5.69 Å². The number of benzene rings is 1. The Balaban J connectivity index is 2.35. The lowest BCUT2D eigenvalue weighted by Gasteiger charge is -2.26. The average molecular weight is 277 g/mol. The van der Waals surface area contributed by atoms with Gasteiger partial charge in [0.25, 0.3) is 5.91 Å². The number of fused-ring (bicyclic) bond motifs is 1. The van der Waals surface area contributed by atoms with Crippen molar-refractivity contribution in [2.45, 2.75) is 33.0 Å². The summed E-state index contributed by atoms with van der Waals surface area (Å²) < 4.78 is 5.49. The van der Waals surface area contributed by atoms with Crippen LogP contribution in [-0.2, 0) is 20.9 Å². The molecule has 1 N–H and O–H groups in total. The summed E-state index contributed by atoms with van der Waals surface area (Å²) in [7, 11) is 0. The monoisotopic (exact) mass is 277 g/mol. The van der Waals surface area contributed by atoms with Crippen LogP contribution in [-0.4, -0.2) is 29.6 Å². The fourth-order valence-electron chi connectivity index (χ4n) is 2.31. The maximum absolute atomic E-state index is 12.5. The van der Waals surface area contributed by atoms with Crippen molar-refractivity contribution >= 4 is 17.6 Å². The summed E-state index contributed by atoms with van der Waals surface area (Å²) in [6.45, 7) is 4.85. The molecule has 2 rings (SSSR count). The van der Waals surface area contributed by atoms with E-state index in [1.54, 1.807) is 4.90 Å². The zero-order valence-corrected chi connectivity index (χ0v) is 11.7.